The lowest BCUT2D eigenvalue weighted by atomic mass is 10.0. The van der Waals surface area contributed by atoms with Crippen LogP contribution in [0.15, 0.2) is 0 Å². The molecule has 0 N–H and O–H groups in total. The van der Waals surface area contributed by atoms with E-state index in [-0.39, 0.29) is 0 Å². The Kier molecular flexibility index (Phi) is 5.89. The van der Waals surface area contributed by atoms with E-state index < -0.39 is 10.2 Å². The molecule has 1 atom stereocenters. The molecule has 0 radical (unpaired) electrons. The molecule has 1 aliphatic heterocycles. The first kappa shape index (κ1) is 15.4. The van der Waals surface area contributed by atoms with Crippen molar-refractivity contribution < 1.29 is 8.42 Å². The Morgan fingerprint density at radius 1 is 1.41 bits per heavy atom. The van der Waals surface area contributed by atoms with Crippen LogP contribution in [-0.4, -0.2) is 48.5 Å². The first-order valence-electron chi connectivity index (χ1n) is 6.19. The molecule has 0 aromatic heterocycles. The normalized spacial score (nSPS) is 21.9. The molecule has 0 bridgehead atoms. The first-order valence-corrected chi connectivity index (χ1v) is 8.50. The van der Waals surface area contributed by atoms with Gasteiger partial charge in [-0.2, -0.15) is 17.0 Å². The van der Waals surface area contributed by atoms with E-state index >= 15 is 0 Å². The minimum atomic E-state index is -3.24. The van der Waals surface area contributed by atoms with Gasteiger partial charge >= 0.3 is 0 Å². The second kappa shape index (κ2) is 6.50. The summed E-state index contributed by atoms with van der Waals surface area (Å²) < 4.78 is 27.6. The Balaban J connectivity index is 2.55. The molecule has 0 amide bonds. The molecule has 1 unspecified atom stereocenters. The van der Waals surface area contributed by atoms with E-state index in [1.807, 2.05) is 6.92 Å². The lowest BCUT2D eigenvalue weighted by Gasteiger charge is -2.32. The number of nitrogens with zero attached hydrogens (tertiary/aromatic N) is 2. The monoisotopic (exact) mass is 326 g/mol. The first-order chi connectivity index (χ1) is 7.84. The molecule has 0 saturated carbocycles. The van der Waals surface area contributed by atoms with Crippen LogP contribution in [0.5, 0.6) is 0 Å². The van der Waals surface area contributed by atoms with Crippen molar-refractivity contribution in [2.75, 3.05) is 26.7 Å². The maximum atomic E-state index is 12.2. The fourth-order valence-electron chi connectivity index (χ4n) is 1.89. The predicted molar refractivity (Wildman–Crippen MR) is 74.5 cm³/mol. The largest absolute Gasteiger partial charge is 0.281 e. The van der Waals surface area contributed by atoms with E-state index in [9.17, 15) is 8.42 Å². The minimum Gasteiger partial charge on any atom is -0.195 e. The van der Waals surface area contributed by atoms with Crippen molar-refractivity contribution in [2.24, 2.45) is 5.92 Å². The fraction of sp³-hybridized carbons (Fsp3) is 1.00. The molecule has 102 valence electrons. The Bertz CT molecular complexity index is 324. The fourth-order valence-corrected chi connectivity index (χ4v) is 3.50. The molecule has 1 fully saturated rings. The van der Waals surface area contributed by atoms with E-state index in [2.05, 4.69) is 22.9 Å². The average molecular weight is 327 g/mol. The molecule has 1 aliphatic rings. The van der Waals surface area contributed by atoms with Crippen molar-refractivity contribution in [2.45, 2.75) is 37.9 Å². The summed E-state index contributed by atoms with van der Waals surface area (Å²) in [5, 5.41) is 0. The van der Waals surface area contributed by atoms with Gasteiger partial charge < -0.3 is 0 Å². The highest BCUT2D eigenvalue weighted by molar-refractivity contribution is 9.09. The summed E-state index contributed by atoms with van der Waals surface area (Å²) in [5.41, 5.74) is 0. The Morgan fingerprint density at radius 3 is 2.41 bits per heavy atom. The van der Waals surface area contributed by atoms with Gasteiger partial charge in [0.2, 0.25) is 0 Å². The summed E-state index contributed by atoms with van der Waals surface area (Å²) in [4.78, 5) is 0.349. The summed E-state index contributed by atoms with van der Waals surface area (Å²) >= 11 is 3.44. The molecule has 1 heterocycles. The van der Waals surface area contributed by atoms with Crippen LogP contribution in [0.25, 0.3) is 0 Å². The van der Waals surface area contributed by atoms with Crippen LogP contribution >= 0.6 is 15.9 Å². The van der Waals surface area contributed by atoms with Crippen molar-refractivity contribution in [3.63, 3.8) is 0 Å². The van der Waals surface area contributed by atoms with Gasteiger partial charge in [-0.05, 0) is 25.2 Å². The standard InChI is InChI=1S/C11H23BrN2O2S/c1-10-4-8-14(9-5-10)17(15,16)13(3)7-6-11(2)12/h10-11H,4-9H2,1-3H3. The third-order valence-corrected chi connectivity index (χ3v) is 5.75. The highest BCUT2D eigenvalue weighted by Gasteiger charge is 2.29. The number of halogens is 1. The van der Waals surface area contributed by atoms with E-state index in [1.165, 1.54) is 4.31 Å². The summed E-state index contributed by atoms with van der Waals surface area (Å²) in [6, 6.07) is 0. The van der Waals surface area contributed by atoms with Gasteiger partial charge in [-0.25, -0.2) is 0 Å². The van der Waals surface area contributed by atoms with Crippen molar-refractivity contribution in [1.82, 2.24) is 8.61 Å². The molecule has 0 aromatic rings. The molecule has 6 heteroatoms. The molecule has 0 aromatic carbocycles. The van der Waals surface area contributed by atoms with Crippen molar-refractivity contribution in [1.29, 1.82) is 0 Å². The lowest BCUT2D eigenvalue weighted by Crippen LogP contribution is -2.45. The van der Waals surface area contributed by atoms with E-state index in [4.69, 9.17) is 0 Å². The molecule has 0 spiro atoms. The van der Waals surface area contributed by atoms with Crippen LogP contribution in [0, 0.1) is 5.92 Å². The molecule has 0 aliphatic carbocycles. The highest BCUT2D eigenvalue weighted by Crippen LogP contribution is 2.20. The number of hydrogen-bond donors (Lipinski definition) is 0. The number of alkyl halides is 1. The van der Waals surface area contributed by atoms with Crippen LogP contribution in [0.4, 0.5) is 0 Å². The third kappa shape index (κ3) is 4.50. The van der Waals surface area contributed by atoms with Crippen LogP contribution < -0.4 is 0 Å². The molecule has 1 rings (SSSR count). The number of rotatable bonds is 5. The lowest BCUT2D eigenvalue weighted by molar-refractivity contribution is 0.270. The molecule has 17 heavy (non-hydrogen) atoms. The zero-order valence-corrected chi connectivity index (χ0v) is 13.3. The topological polar surface area (TPSA) is 40.6 Å². The Labute approximate surface area is 114 Å². The molecule has 4 nitrogen and oxygen atoms in total. The van der Waals surface area contributed by atoms with Gasteiger partial charge in [0.15, 0.2) is 0 Å². The van der Waals surface area contributed by atoms with Gasteiger partial charge in [0.1, 0.15) is 0 Å². The van der Waals surface area contributed by atoms with E-state index in [1.54, 1.807) is 11.4 Å². The Morgan fingerprint density at radius 2 is 1.94 bits per heavy atom. The maximum absolute atomic E-state index is 12.2. The smallest absolute Gasteiger partial charge is 0.195 e. The van der Waals surface area contributed by atoms with Crippen LogP contribution in [0.2, 0.25) is 0 Å². The van der Waals surface area contributed by atoms with Gasteiger partial charge in [-0.15, -0.1) is 0 Å². The van der Waals surface area contributed by atoms with Gasteiger partial charge in [0.05, 0.1) is 0 Å². The summed E-state index contributed by atoms with van der Waals surface area (Å²) in [7, 11) is -1.57. The number of piperidine rings is 1. The minimum absolute atomic E-state index is 0.349. The second-order valence-corrected chi connectivity index (χ2v) is 8.58. The predicted octanol–water partition coefficient (Wildman–Crippen LogP) is 2.07. The second-order valence-electron chi connectivity index (χ2n) is 4.98. The Hall–Kier alpha value is 0.350. The summed E-state index contributed by atoms with van der Waals surface area (Å²) in [6.45, 7) is 6.11. The summed E-state index contributed by atoms with van der Waals surface area (Å²) in [5.74, 6) is 0.648. The van der Waals surface area contributed by atoms with Gasteiger partial charge in [-0.3, -0.25) is 0 Å². The SMILES string of the molecule is CC(Br)CCN(C)S(=O)(=O)N1CCC(C)CC1. The van der Waals surface area contributed by atoms with Crippen LogP contribution in [-0.2, 0) is 10.2 Å². The number of hydrogen-bond acceptors (Lipinski definition) is 2. The third-order valence-electron chi connectivity index (χ3n) is 3.30. The molecular formula is C11H23BrN2O2S. The van der Waals surface area contributed by atoms with E-state index in [0.717, 1.165) is 19.3 Å². The highest BCUT2D eigenvalue weighted by atomic mass is 79.9. The van der Waals surface area contributed by atoms with Crippen molar-refractivity contribution in [3.05, 3.63) is 0 Å². The van der Waals surface area contributed by atoms with Crippen molar-refractivity contribution in [3.8, 4) is 0 Å². The average Bonchev–Trinajstić information content (AvgIpc) is 2.26. The van der Waals surface area contributed by atoms with Crippen molar-refractivity contribution >= 4 is 26.1 Å². The molecular weight excluding hydrogens is 304 g/mol. The van der Waals surface area contributed by atoms with Gasteiger partial charge in [0.25, 0.3) is 10.2 Å². The quantitative estimate of drug-likeness (QED) is 0.726. The van der Waals surface area contributed by atoms with E-state index in [0.29, 0.717) is 30.4 Å². The maximum Gasteiger partial charge on any atom is 0.281 e. The molecule has 1 saturated heterocycles. The van der Waals surface area contributed by atoms with Crippen LogP contribution in [0.1, 0.15) is 33.1 Å². The van der Waals surface area contributed by atoms with Gasteiger partial charge in [0, 0.05) is 31.5 Å². The zero-order chi connectivity index (χ0) is 13.1. The summed E-state index contributed by atoms with van der Waals surface area (Å²) in [6.07, 6.45) is 2.78. The van der Waals surface area contributed by atoms with Crippen LogP contribution in [0.3, 0.4) is 0 Å². The zero-order valence-electron chi connectivity index (χ0n) is 10.9. The van der Waals surface area contributed by atoms with Gasteiger partial charge in [-0.1, -0.05) is 29.8 Å².